The molecule has 2 N–H and O–H groups in total. The number of methoxy groups -OCH3 is 1. The third kappa shape index (κ3) is 6.48. The van der Waals surface area contributed by atoms with Gasteiger partial charge in [-0.15, -0.1) is 0 Å². The van der Waals surface area contributed by atoms with Crippen LogP contribution in [-0.2, 0) is 28.2 Å². The van der Waals surface area contributed by atoms with E-state index in [0.717, 1.165) is 42.4 Å². The van der Waals surface area contributed by atoms with Crippen molar-refractivity contribution in [3.8, 4) is 28.7 Å². The standard InChI is InChI=1S/C42H39ClF2N4O5/c1-24-35-33(20-30(44)38(43)37(35)36-26(21-46)15-17-32(53-2)39(36)45)54-42(24,27-12-6-3-7-13-27)23-47-19-8-4-5-10-25-11-9-14-28-29(25)22-49(41(28)52)31-16-18-34(50)48-40(31)51/h3,6-7,9,11-15,17,20,24,31,47H,4-5,8,10,16,18-19,22-23H2,1-2H3,(H,48,50,51). The summed E-state index contributed by atoms with van der Waals surface area (Å²) in [6.45, 7) is 3.29. The third-order valence-electron chi connectivity index (χ3n) is 11.0. The molecule has 4 aromatic carbocycles. The Hall–Kier alpha value is -5.31. The van der Waals surface area contributed by atoms with E-state index in [1.165, 1.54) is 25.3 Å². The number of nitriles is 1. The number of unbranched alkanes of at least 4 members (excludes halogenated alkanes) is 2. The quantitative estimate of drug-likeness (QED) is 0.115. The second kappa shape index (κ2) is 15.2. The van der Waals surface area contributed by atoms with E-state index in [1.807, 2.05) is 55.5 Å². The van der Waals surface area contributed by atoms with Crippen LogP contribution >= 0.6 is 11.6 Å². The highest BCUT2D eigenvalue weighted by Crippen LogP contribution is 2.56. The molecule has 7 rings (SSSR count). The molecule has 9 nitrogen and oxygen atoms in total. The monoisotopic (exact) mass is 752 g/mol. The molecular weight excluding hydrogens is 714 g/mol. The maximum absolute atomic E-state index is 15.9. The molecule has 0 radical (unpaired) electrons. The molecule has 0 aliphatic carbocycles. The number of hydrogen-bond acceptors (Lipinski definition) is 7. The highest BCUT2D eigenvalue weighted by Gasteiger charge is 2.50. The topological polar surface area (TPSA) is 121 Å². The van der Waals surface area contributed by atoms with E-state index in [2.05, 4.69) is 10.6 Å². The number of carbonyl (C=O) groups excluding carboxylic acids is 3. The van der Waals surface area contributed by atoms with Crippen molar-refractivity contribution in [3.05, 3.63) is 117 Å². The SMILES string of the molecule is COc1ccc(C#N)c(-c2c(Cl)c(F)cc3c2C(C)C(CNCCCCCc2cccc4c2CN(C2CCC(=O)NC2=O)C4=O)(c2ccccc2)O3)c1F. The van der Waals surface area contributed by atoms with Gasteiger partial charge in [0.1, 0.15) is 17.6 Å². The molecule has 0 saturated carbocycles. The number of piperidine rings is 1. The molecule has 0 bridgehead atoms. The van der Waals surface area contributed by atoms with Crippen LogP contribution in [0.5, 0.6) is 11.5 Å². The summed E-state index contributed by atoms with van der Waals surface area (Å²) in [5.41, 5.74) is 2.88. The van der Waals surface area contributed by atoms with Crippen molar-refractivity contribution >= 4 is 29.3 Å². The van der Waals surface area contributed by atoms with E-state index in [-0.39, 0.29) is 51.4 Å². The second-order valence-electron chi connectivity index (χ2n) is 14.0. The van der Waals surface area contributed by atoms with Crippen LogP contribution in [0.15, 0.2) is 66.7 Å². The van der Waals surface area contributed by atoms with Crippen molar-refractivity contribution in [2.24, 2.45) is 0 Å². The average molecular weight is 753 g/mol. The first-order valence-corrected chi connectivity index (χ1v) is 18.5. The Morgan fingerprint density at radius 1 is 1.06 bits per heavy atom. The number of fused-ring (bicyclic) bond motifs is 2. The predicted octanol–water partition coefficient (Wildman–Crippen LogP) is 7.32. The van der Waals surface area contributed by atoms with Crippen LogP contribution in [0.25, 0.3) is 11.1 Å². The van der Waals surface area contributed by atoms with Gasteiger partial charge in [-0.25, -0.2) is 8.78 Å². The zero-order valence-corrected chi connectivity index (χ0v) is 30.7. The molecule has 3 aliphatic rings. The van der Waals surface area contributed by atoms with E-state index in [9.17, 15) is 19.6 Å². The lowest BCUT2D eigenvalue weighted by Crippen LogP contribution is -2.52. The summed E-state index contributed by atoms with van der Waals surface area (Å²) in [5.74, 6) is -2.85. The van der Waals surface area contributed by atoms with E-state index in [0.29, 0.717) is 37.2 Å². The Bertz CT molecular complexity index is 2190. The third-order valence-corrected chi connectivity index (χ3v) is 11.3. The zero-order valence-electron chi connectivity index (χ0n) is 29.9. The summed E-state index contributed by atoms with van der Waals surface area (Å²) < 4.78 is 43.4. The molecule has 54 heavy (non-hydrogen) atoms. The maximum Gasteiger partial charge on any atom is 0.255 e. The van der Waals surface area contributed by atoms with E-state index < -0.39 is 35.1 Å². The van der Waals surface area contributed by atoms with Crippen LogP contribution in [0.3, 0.4) is 0 Å². The van der Waals surface area contributed by atoms with Crippen molar-refractivity contribution in [1.29, 1.82) is 5.26 Å². The summed E-state index contributed by atoms with van der Waals surface area (Å²) in [6.07, 6.45) is 3.92. The zero-order chi connectivity index (χ0) is 38.1. The van der Waals surface area contributed by atoms with E-state index in [4.69, 9.17) is 21.1 Å². The number of ether oxygens (including phenoxy) is 2. The smallest absolute Gasteiger partial charge is 0.255 e. The summed E-state index contributed by atoms with van der Waals surface area (Å²) in [5, 5.41) is 15.6. The maximum atomic E-state index is 15.9. The Morgan fingerprint density at radius 2 is 1.85 bits per heavy atom. The molecule has 0 aromatic heterocycles. The number of halogens is 3. The summed E-state index contributed by atoms with van der Waals surface area (Å²) in [6, 6.07) is 20.7. The van der Waals surface area contributed by atoms with Crippen LogP contribution in [-0.4, -0.2) is 48.9 Å². The number of carbonyl (C=O) groups is 3. The fourth-order valence-corrected chi connectivity index (χ4v) is 8.42. The minimum atomic E-state index is -1.01. The first-order chi connectivity index (χ1) is 26.1. The second-order valence-corrected chi connectivity index (χ2v) is 14.4. The van der Waals surface area contributed by atoms with Gasteiger partial charge in [-0.05, 0) is 67.1 Å². The Labute approximate surface area is 317 Å². The van der Waals surface area contributed by atoms with Gasteiger partial charge in [0.2, 0.25) is 11.8 Å². The van der Waals surface area contributed by atoms with Crippen LogP contribution in [0.4, 0.5) is 8.78 Å². The highest BCUT2D eigenvalue weighted by atomic mass is 35.5. The lowest BCUT2D eigenvalue weighted by molar-refractivity contribution is -0.136. The van der Waals surface area contributed by atoms with Crippen molar-refractivity contribution < 1.29 is 32.6 Å². The summed E-state index contributed by atoms with van der Waals surface area (Å²) >= 11 is 6.61. The van der Waals surface area contributed by atoms with Crippen LogP contribution in [0, 0.1) is 23.0 Å². The minimum Gasteiger partial charge on any atom is -0.494 e. The summed E-state index contributed by atoms with van der Waals surface area (Å²) in [7, 11) is 1.32. The van der Waals surface area contributed by atoms with E-state index >= 15 is 8.78 Å². The van der Waals surface area contributed by atoms with Crippen LogP contribution in [0.2, 0.25) is 5.02 Å². The van der Waals surface area contributed by atoms with Gasteiger partial charge in [0.15, 0.2) is 17.2 Å². The average Bonchev–Trinajstić information content (AvgIpc) is 3.65. The largest absolute Gasteiger partial charge is 0.494 e. The van der Waals surface area contributed by atoms with Crippen LogP contribution in [0.1, 0.15) is 83.1 Å². The Morgan fingerprint density at radius 3 is 2.59 bits per heavy atom. The van der Waals surface area contributed by atoms with Crippen molar-refractivity contribution in [1.82, 2.24) is 15.5 Å². The van der Waals surface area contributed by atoms with Crippen molar-refractivity contribution in [2.75, 3.05) is 20.2 Å². The fourth-order valence-electron chi connectivity index (χ4n) is 8.17. The number of rotatable bonds is 12. The lowest BCUT2D eigenvalue weighted by Gasteiger charge is -2.34. The van der Waals surface area contributed by atoms with Gasteiger partial charge in [-0.1, -0.05) is 67.4 Å². The minimum absolute atomic E-state index is 0.00997. The van der Waals surface area contributed by atoms with Gasteiger partial charge in [-0.3, -0.25) is 19.7 Å². The molecule has 278 valence electrons. The summed E-state index contributed by atoms with van der Waals surface area (Å²) in [4.78, 5) is 39.0. The lowest BCUT2D eigenvalue weighted by atomic mass is 9.77. The molecule has 3 amide bonds. The molecule has 3 unspecified atom stereocenters. The number of imide groups is 1. The van der Waals surface area contributed by atoms with Gasteiger partial charge in [0, 0.05) is 53.7 Å². The molecule has 4 aromatic rings. The number of amides is 3. The van der Waals surface area contributed by atoms with Crippen LogP contribution < -0.4 is 20.1 Å². The number of nitrogens with zero attached hydrogens (tertiary/aromatic N) is 2. The molecule has 1 fully saturated rings. The molecule has 12 heteroatoms. The van der Waals surface area contributed by atoms with Gasteiger partial charge in [-0.2, -0.15) is 5.26 Å². The van der Waals surface area contributed by atoms with Crippen molar-refractivity contribution in [3.63, 3.8) is 0 Å². The molecule has 1 saturated heterocycles. The molecule has 3 aliphatic heterocycles. The highest BCUT2D eigenvalue weighted by molar-refractivity contribution is 6.34. The molecular formula is C42H39ClF2N4O5. The number of nitrogens with one attached hydrogen (secondary N) is 2. The van der Waals surface area contributed by atoms with Gasteiger partial charge < -0.3 is 19.7 Å². The molecule has 0 spiro atoms. The number of aryl methyl sites for hydroxylation is 1. The number of benzene rings is 4. The van der Waals surface area contributed by atoms with Gasteiger partial charge in [0.25, 0.3) is 5.91 Å². The molecule has 3 atom stereocenters. The Balaban J connectivity index is 1.04. The first kappa shape index (κ1) is 37.0. The van der Waals surface area contributed by atoms with Gasteiger partial charge in [0.05, 0.1) is 23.8 Å². The van der Waals surface area contributed by atoms with Crippen molar-refractivity contribution in [2.45, 2.75) is 69.6 Å². The fraction of sp³-hybridized carbons (Fsp3) is 0.333. The first-order valence-electron chi connectivity index (χ1n) is 18.1. The van der Waals surface area contributed by atoms with Gasteiger partial charge >= 0.3 is 0 Å². The number of hydrogen-bond donors (Lipinski definition) is 2. The van der Waals surface area contributed by atoms with E-state index in [1.54, 1.807) is 11.0 Å². The normalized spacial score (nSPS) is 20.3. The molecule has 3 heterocycles. The predicted molar refractivity (Wildman–Crippen MR) is 198 cm³/mol. The Kier molecular flexibility index (Phi) is 10.4.